The number of aromatic nitrogens is 4. The normalized spacial score (nSPS) is 10.8. The second-order valence-corrected chi connectivity index (χ2v) is 13.3. The molecule has 0 atom stereocenters. The predicted molar refractivity (Wildman–Crippen MR) is 235 cm³/mol. The summed E-state index contributed by atoms with van der Waals surface area (Å²) in [6, 6.07) is 20.2. The van der Waals surface area contributed by atoms with Gasteiger partial charge in [-0.1, -0.05) is 43.3 Å². The average Bonchev–Trinajstić information content (AvgIpc) is 3.83. The molecular formula is C45H46CoN6O14. The van der Waals surface area contributed by atoms with E-state index in [0.717, 1.165) is 10.9 Å². The molecule has 6 rings (SSSR count). The van der Waals surface area contributed by atoms with Crippen molar-refractivity contribution in [2.45, 2.75) is 33.5 Å². The Balaban J connectivity index is 0.000000285. The van der Waals surface area contributed by atoms with Crippen molar-refractivity contribution in [2.24, 2.45) is 9.98 Å². The van der Waals surface area contributed by atoms with Crippen LogP contribution in [0.4, 0.5) is 11.4 Å². The van der Waals surface area contributed by atoms with Crippen LogP contribution < -0.4 is 18.9 Å². The van der Waals surface area contributed by atoms with E-state index in [1.54, 1.807) is 49.4 Å². The van der Waals surface area contributed by atoms with Crippen LogP contribution in [0.15, 0.2) is 82.8 Å². The van der Waals surface area contributed by atoms with Crippen LogP contribution in [0.25, 0.3) is 11.4 Å². The Morgan fingerprint density at radius 3 is 1.64 bits per heavy atom. The Hall–Kier alpha value is -7.72. The van der Waals surface area contributed by atoms with Gasteiger partial charge in [-0.2, -0.15) is 14.9 Å². The molecule has 0 bridgehead atoms. The fourth-order valence-electron chi connectivity index (χ4n) is 6.50. The van der Waals surface area contributed by atoms with Gasteiger partial charge >= 0.3 is 17.9 Å². The molecule has 0 fully saturated rings. The zero-order valence-corrected chi connectivity index (χ0v) is 37.4. The number of aromatic carboxylic acids is 2. The number of carboxylic acids is 2. The number of aliphatic hydroxyl groups excluding tert-OH is 2. The molecule has 0 amide bonds. The van der Waals surface area contributed by atoms with Gasteiger partial charge in [0.25, 0.3) is 0 Å². The summed E-state index contributed by atoms with van der Waals surface area (Å²) in [6.07, 6.45) is 2.94. The van der Waals surface area contributed by atoms with Crippen molar-refractivity contribution in [3.63, 3.8) is 0 Å². The summed E-state index contributed by atoms with van der Waals surface area (Å²) in [5, 5.41) is 68.8. The topological polar surface area (TPSA) is 279 Å². The zero-order valence-electron chi connectivity index (χ0n) is 36.4. The van der Waals surface area contributed by atoms with Crippen LogP contribution in [0, 0.1) is 0 Å². The van der Waals surface area contributed by atoms with Crippen molar-refractivity contribution in [2.75, 3.05) is 35.0 Å². The van der Waals surface area contributed by atoms with E-state index >= 15 is 0 Å². The standard InChI is InChI=1S/C23H23N3O8.C22H23N3O6.Co/c1-5-34-23(30)18-15(21(27)26(25-18)13-9-7-6-8-10-13)12-24-17-14(22(28)29)11-16(31-2)19(32-3)20(17)33-4;1-3-18-16(21(28)25(24-18)14-7-5-4-6-8-14)10-23-19-15(22(29)30)9-13(11-26)17(12-27)20(19)31-2;/h6-12,27H,5H2,1-4H3,(H,28,29);4-10,26-28H,3,11-12H2,1-2H3,(H,29,30);. The van der Waals surface area contributed by atoms with Crippen molar-refractivity contribution in [1.82, 2.24) is 19.6 Å². The van der Waals surface area contributed by atoms with E-state index < -0.39 is 37.0 Å². The fraction of sp³-hybridized carbons (Fsp3) is 0.222. The number of hydrogen-bond acceptors (Lipinski definition) is 16. The van der Waals surface area contributed by atoms with Gasteiger partial charge < -0.3 is 54.3 Å². The summed E-state index contributed by atoms with van der Waals surface area (Å²) >= 11 is 0. The van der Waals surface area contributed by atoms with E-state index in [1.807, 2.05) is 25.1 Å². The second kappa shape index (κ2) is 23.3. The number of carbonyl (C=O) groups excluding carboxylic acids is 1. The largest absolute Gasteiger partial charge is 0.494 e. The minimum atomic E-state index is -1.30. The molecule has 66 heavy (non-hydrogen) atoms. The average molecular weight is 954 g/mol. The van der Waals surface area contributed by atoms with Crippen LogP contribution in [0.2, 0.25) is 0 Å². The summed E-state index contributed by atoms with van der Waals surface area (Å²) in [5.41, 5.74) is 1.62. The third-order valence-corrected chi connectivity index (χ3v) is 9.57. The number of aliphatic imine (C=N–C) groups is 2. The van der Waals surface area contributed by atoms with Gasteiger partial charge in [0, 0.05) is 40.8 Å². The number of ether oxygens (including phenoxy) is 5. The minimum Gasteiger partial charge on any atom is -0.494 e. The van der Waals surface area contributed by atoms with Gasteiger partial charge in [0.05, 0.1) is 87.6 Å². The van der Waals surface area contributed by atoms with E-state index in [4.69, 9.17) is 23.7 Å². The van der Waals surface area contributed by atoms with Crippen LogP contribution in [-0.2, 0) is 41.2 Å². The monoisotopic (exact) mass is 953 g/mol. The fourth-order valence-corrected chi connectivity index (χ4v) is 6.50. The maximum atomic E-state index is 12.5. The third kappa shape index (κ3) is 10.6. The van der Waals surface area contributed by atoms with Crippen molar-refractivity contribution in [1.29, 1.82) is 0 Å². The Bertz CT molecular complexity index is 2740. The smallest absolute Gasteiger partial charge is 0.359 e. The van der Waals surface area contributed by atoms with Gasteiger partial charge in [-0.05, 0) is 49.2 Å². The quantitative estimate of drug-likeness (QED) is 0.0465. The Kier molecular flexibility index (Phi) is 18.0. The molecule has 0 unspecified atom stereocenters. The van der Waals surface area contributed by atoms with E-state index in [9.17, 15) is 45.0 Å². The van der Waals surface area contributed by atoms with Crippen LogP contribution in [0.1, 0.15) is 73.0 Å². The Morgan fingerprint density at radius 1 is 0.667 bits per heavy atom. The van der Waals surface area contributed by atoms with Gasteiger partial charge in [-0.25, -0.2) is 19.1 Å². The molecule has 20 nitrogen and oxygen atoms in total. The van der Waals surface area contributed by atoms with Crippen LogP contribution in [-0.4, -0.2) is 116 Å². The van der Waals surface area contributed by atoms with Gasteiger partial charge in [0.1, 0.15) is 11.4 Å². The number of carboxylic acid groups (broad SMARTS) is 2. The van der Waals surface area contributed by atoms with E-state index in [0.29, 0.717) is 29.1 Å². The molecule has 0 aliphatic carbocycles. The number of aryl methyl sites for hydroxylation is 1. The molecule has 6 aromatic rings. The first kappa shape index (κ1) is 50.9. The van der Waals surface area contributed by atoms with Crippen molar-refractivity contribution < 1.29 is 85.5 Å². The number of rotatable bonds is 17. The van der Waals surface area contributed by atoms with Gasteiger partial charge in [-0.15, -0.1) is 0 Å². The van der Waals surface area contributed by atoms with Gasteiger partial charge in [0.15, 0.2) is 22.9 Å². The molecule has 2 heterocycles. The number of hydrogen-bond donors (Lipinski definition) is 6. The first-order valence-electron chi connectivity index (χ1n) is 19.6. The Labute approximate surface area is 387 Å². The first-order valence-corrected chi connectivity index (χ1v) is 19.6. The number of nitrogens with zero attached hydrogens (tertiary/aromatic N) is 6. The number of carbonyl (C=O) groups is 3. The first-order chi connectivity index (χ1) is 31.3. The van der Waals surface area contributed by atoms with Crippen LogP contribution >= 0.6 is 0 Å². The summed E-state index contributed by atoms with van der Waals surface area (Å²) in [5.74, 6) is -3.62. The number of para-hydroxylation sites is 2. The summed E-state index contributed by atoms with van der Waals surface area (Å²) in [7, 11) is 5.36. The molecule has 4 aromatic carbocycles. The third-order valence-electron chi connectivity index (χ3n) is 9.57. The summed E-state index contributed by atoms with van der Waals surface area (Å²) < 4.78 is 28.8. The summed E-state index contributed by atoms with van der Waals surface area (Å²) in [4.78, 5) is 44.8. The number of esters is 1. The van der Waals surface area contributed by atoms with Gasteiger partial charge in [0.2, 0.25) is 17.5 Å². The van der Waals surface area contributed by atoms with E-state index in [1.165, 1.54) is 51.5 Å². The molecule has 0 saturated carbocycles. The van der Waals surface area contributed by atoms with Crippen LogP contribution in [0.3, 0.4) is 0 Å². The van der Waals surface area contributed by atoms with Crippen molar-refractivity contribution in [3.8, 4) is 46.1 Å². The molecule has 6 N–H and O–H groups in total. The molecule has 0 spiro atoms. The molecule has 1 radical (unpaired) electrons. The minimum absolute atomic E-state index is 0. The van der Waals surface area contributed by atoms with Crippen molar-refractivity contribution >= 4 is 41.7 Å². The zero-order chi connectivity index (χ0) is 47.4. The molecule has 0 aliphatic rings. The van der Waals surface area contributed by atoms with Gasteiger partial charge in [-0.3, -0.25) is 9.98 Å². The number of aliphatic hydroxyl groups is 2. The number of methoxy groups -OCH3 is 4. The SMILES string of the molecule is CCOC(=O)c1nn(-c2ccccc2)c(O)c1C=Nc1c(C(=O)O)cc(OC)c(OC)c1OC.CCc1nn(-c2ccccc2)c(O)c1C=Nc1c(C(=O)O)cc(CO)c(CO)c1OC.[Co]. The molecule has 21 heteroatoms. The summed E-state index contributed by atoms with van der Waals surface area (Å²) in [6.45, 7) is 2.64. The molecule has 0 aliphatic heterocycles. The molecule has 349 valence electrons. The molecule has 0 saturated heterocycles. The number of aromatic hydroxyl groups is 2. The maximum Gasteiger partial charge on any atom is 0.359 e. The Morgan fingerprint density at radius 2 is 1.17 bits per heavy atom. The maximum absolute atomic E-state index is 12.5. The van der Waals surface area contributed by atoms with E-state index in [2.05, 4.69) is 20.2 Å². The second-order valence-electron chi connectivity index (χ2n) is 13.3. The van der Waals surface area contributed by atoms with Crippen LogP contribution in [0.5, 0.6) is 34.8 Å². The molecule has 2 aromatic heterocycles. The molecular weight excluding hydrogens is 907 g/mol. The van der Waals surface area contributed by atoms with Crippen molar-refractivity contribution in [3.05, 3.63) is 118 Å². The van der Waals surface area contributed by atoms with E-state index in [-0.39, 0.29) is 97.1 Å². The predicted octanol–water partition coefficient (Wildman–Crippen LogP) is 5.81. The number of benzene rings is 4.